The average Bonchev–Trinajstić information content (AvgIpc) is 2.99. The number of hydrogen-bond donors (Lipinski definition) is 0. The molecule has 2 aliphatic carbocycles. The number of allylic oxidation sites excluding steroid dienone is 10. The largest absolute Gasteiger partial charge is 0.487 e. The fourth-order valence-corrected chi connectivity index (χ4v) is 3.94. The molecule has 0 N–H and O–H groups in total. The molecule has 1 aromatic heterocycles. The third kappa shape index (κ3) is 9.35. The van der Waals surface area contributed by atoms with E-state index in [0.717, 1.165) is 62.9 Å². The topological polar surface area (TPSA) is 63.2 Å². The van der Waals surface area contributed by atoms with Gasteiger partial charge in [0.1, 0.15) is 24.3 Å². The Morgan fingerprint density at radius 2 is 2.09 bits per heavy atom. The molecular formula is C26H35N4O2P. The highest BCUT2D eigenvalue weighted by Gasteiger charge is 2.06. The molecule has 0 aliphatic heterocycles. The number of ether oxygens (including phenoxy) is 1. The van der Waals surface area contributed by atoms with E-state index in [-0.39, 0.29) is 0 Å². The van der Waals surface area contributed by atoms with E-state index in [9.17, 15) is 0 Å². The maximum absolute atomic E-state index is 5.95. The zero-order chi connectivity index (χ0) is 23.3. The summed E-state index contributed by atoms with van der Waals surface area (Å²) in [7, 11) is 6.45. The van der Waals surface area contributed by atoms with Crippen LogP contribution in [0.4, 0.5) is 0 Å². The summed E-state index contributed by atoms with van der Waals surface area (Å²) < 4.78 is 11.5. The van der Waals surface area contributed by atoms with Gasteiger partial charge >= 0.3 is 0 Å². The van der Waals surface area contributed by atoms with Crippen molar-refractivity contribution in [3.63, 3.8) is 0 Å². The molecule has 0 bridgehead atoms. The van der Waals surface area contributed by atoms with Crippen molar-refractivity contribution in [2.75, 3.05) is 20.6 Å². The Kier molecular flexibility index (Phi) is 10.4. The first-order valence-electron chi connectivity index (χ1n) is 11.6. The smallest absolute Gasteiger partial charge is 0.218 e. The molecule has 1 unspecified atom stereocenters. The first kappa shape index (κ1) is 24.9. The summed E-state index contributed by atoms with van der Waals surface area (Å²) in [5.41, 5.74) is 3.49. The van der Waals surface area contributed by atoms with Crippen LogP contribution < -0.4 is 0 Å². The lowest BCUT2D eigenvalue weighted by Crippen LogP contribution is -2.11. The van der Waals surface area contributed by atoms with Gasteiger partial charge in [0, 0.05) is 19.7 Å². The summed E-state index contributed by atoms with van der Waals surface area (Å²) >= 11 is 0. The van der Waals surface area contributed by atoms with Crippen molar-refractivity contribution in [1.82, 2.24) is 9.99 Å². The molecule has 0 aromatic carbocycles. The van der Waals surface area contributed by atoms with Gasteiger partial charge in [-0.25, -0.2) is 4.98 Å². The summed E-state index contributed by atoms with van der Waals surface area (Å²) in [5, 5.41) is 11.0. The fraction of sp³-hybridized carbons (Fsp3) is 0.423. The highest BCUT2D eigenvalue weighted by Crippen LogP contribution is 2.23. The first-order valence-corrected chi connectivity index (χ1v) is 12.2. The summed E-state index contributed by atoms with van der Waals surface area (Å²) in [6.07, 6.45) is 26.1. The summed E-state index contributed by atoms with van der Waals surface area (Å²) in [6, 6.07) is 0. The molecular weight excluding hydrogens is 431 g/mol. The van der Waals surface area contributed by atoms with Crippen LogP contribution in [0.1, 0.15) is 56.5 Å². The molecule has 7 heteroatoms. The van der Waals surface area contributed by atoms with Crippen LogP contribution in [0.2, 0.25) is 0 Å². The Labute approximate surface area is 199 Å². The summed E-state index contributed by atoms with van der Waals surface area (Å²) in [5.74, 6) is 1.45. The third-order valence-electron chi connectivity index (χ3n) is 5.46. The van der Waals surface area contributed by atoms with Crippen LogP contribution in [0, 0.1) is 0 Å². The van der Waals surface area contributed by atoms with Crippen molar-refractivity contribution >= 4 is 15.3 Å². The van der Waals surface area contributed by atoms with Crippen molar-refractivity contribution < 1.29 is 9.15 Å². The number of nitrogens with zero attached hydrogens (tertiary/aromatic N) is 4. The molecule has 176 valence electrons. The number of rotatable bonds is 11. The Morgan fingerprint density at radius 3 is 2.97 bits per heavy atom. The van der Waals surface area contributed by atoms with Gasteiger partial charge < -0.3 is 9.15 Å². The van der Waals surface area contributed by atoms with Gasteiger partial charge in [0.05, 0.1) is 7.05 Å². The van der Waals surface area contributed by atoms with Crippen molar-refractivity contribution in [3.8, 4) is 0 Å². The third-order valence-corrected chi connectivity index (χ3v) is 5.94. The van der Waals surface area contributed by atoms with Crippen LogP contribution >= 0.6 is 9.24 Å². The van der Waals surface area contributed by atoms with Crippen LogP contribution in [0.15, 0.2) is 85.8 Å². The van der Waals surface area contributed by atoms with E-state index in [0.29, 0.717) is 12.5 Å². The lowest BCUT2D eigenvalue weighted by molar-refractivity contribution is 0.207. The van der Waals surface area contributed by atoms with E-state index in [1.165, 1.54) is 16.5 Å². The van der Waals surface area contributed by atoms with Gasteiger partial charge in [0.15, 0.2) is 0 Å². The Hall–Kier alpha value is -2.72. The van der Waals surface area contributed by atoms with E-state index in [1.807, 2.05) is 30.3 Å². The maximum atomic E-state index is 5.95. The van der Waals surface area contributed by atoms with Crippen LogP contribution in [0.25, 0.3) is 6.08 Å². The predicted molar refractivity (Wildman–Crippen MR) is 137 cm³/mol. The SMILES string of the molecule is CN=NN(C)CCCCC1=CC=C(OCc2coc(/C=C/C3=CC=C(P)CCC3)n2)C=CC1. The molecule has 0 fully saturated rings. The minimum absolute atomic E-state index is 0.386. The highest BCUT2D eigenvalue weighted by molar-refractivity contribution is 7.22. The molecule has 0 amide bonds. The van der Waals surface area contributed by atoms with Gasteiger partial charge in [0.25, 0.3) is 0 Å². The molecule has 0 saturated carbocycles. The van der Waals surface area contributed by atoms with E-state index in [2.05, 4.69) is 54.9 Å². The fourth-order valence-electron chi connectivity index (χ4n) is 3.64. The monoisotopic (exact) mass is 466 g/mol. The average molecular weight is 467 g/mol. The van der Waals surface area contributed by atoms with Crippen LogP contribution in [0.3, 0.4) is 0 Å². The molecule has 3 rings (SSSR count). The summed E-state index contributed by atoms with van der Waals surface area (Å²) in [4.78, 5) is 4.52. The number of hydrogen-bond acceptors (Lipinski definition) is 5. The van der Waals surface area contributed by atoms with Crippen molar-refractivity contribution in [2.45, 2.75) is 51.6 Å². The molecule has 1 aromatic rings. The first-order chi connectivity index (χ1) is 16.1. The number of oxazole rings is 1. The van der Waals surface area contributed by atoms with Crippen LogP contribution in [-0.2, 0) is 11.3 Å². The molecule has 1 atom stereocenters. The molecule has 0 radical (unpaired) electrons. The molecule has 6 nitrogen and oxygen atoms in total. The van der Waals surface area contributed by atoms with Gasteiger partial charge in [0.2, 0.25) is 5.89 Å². The minimum Gasteiger partial charge on any atom is -0.487 e. The van der Waals surface area contributed by atoms with Crippen molar-refractivity contribution in [1.29, 1.82) is 0 Å². The van der Waals surface area contributed by atoms with Gasteiger partial charge in [-0.1, -0.05) is 46.5 Å². The van der Waals surface area contributed by atoms with Gasteiger partial charge in [-0.3, -0.25) is 5.01 Å². The van der Waals surface area contributed by atoms with Crippen LogP contribution in [-0.4, -0.2) is 30.6 Å². The molecule has 0 spiro atoms. The number of unbranched alkanes of at least 4 members (excludes halogenated alkanes) is 1. The molecule has 0 saturated heterocycles. The van der Waals surface area contributed by atoms with Crippen molar-refractivity contribution in [3.05, 3.63) is 82.6 Å². The predicted octanol–water partition coefficient (Wildman–Crippen LogP) is 6.94. The van der Waals surface area contributed by atoms with Crippen molar-refractivity contribution in [2.24, 2.45) is 10.3 Å². The van der Waals surface area contributed by atoms with E-state index < -0.39 is 0 Å². The Bertz CT molecular complexity index is 982. The minimum atomic E-state index is 0.386. The lowest BCUT2D eigenvalue weighted by Gasteiger charge is -2.10. The van der Waals surface area contributed by atoms with Gasteiger partial charge in [-0.15, -0.1) is 9.24 Å². The van der Waals surface area contributed by atoms with Gasteiger partial charge in [-0.2, -0.15) is 5.11 Å². The van der Waals surface area contributed by atoms with Gasteiger partial charge in [-0.05, 0) is 62.7 Å². The van der Waals surface area contributed by atoms with Crippen LogP contribution in [0.5, 0.6) is 0 Å². The van der Waals surface area contributed by atoms with E-state index in [1.54, 1.807) is 13.3 Å². The second-order valence-corrected chi connectivity index (χ2v) is 9.01. The Morgan fingerprint density at radius 1 is 1.18 bits per heavy atom. The number of aromatic nitrogens is 1. The van der Waals surface area contributed by atoms with E-state index in [4.69, 9.17) is 9.15 Å². The lowest BCUT2D eigenvalue weighted by atomic mass is 10.1. The molecule has 2 aliphatic rings. The standard InChI is InChI=1S/C26H35N4O2P/c1-27-29-30(2)18-4-3-7-21-8-5-10-24(15-12-21)31-19-23-20-32-26(28-23)17-14-22-9-6-11-25(33)16-13-22/h5,10,12-17,20H,3-4,6-9,11,18-19,33H2,1-2H3/b17-14+,29-27?. The normalized spacial score (nSPS) is 16.8. The highest BCUT2D eigenvalue weighted by atomic mass is 31.0. The Balaban J connectivity index is 1.44. The summed E-state index contributed by atoms with van der Waals surface area (Å²) in [6.45, 7) is 1.31. The zero-order valence-corrected chi connectivity index (χ0v) is 20.9. The molecule has 1 heterocycles. The second-order valence-electron chi connectivity index (χ2n) is 8.26. The quantitative estimate of drug-likeness (QED) is 0.153. The van der Waals surface area contributed by atoms with E-state index >= 15 is 0 Å². The molecule has 33 heavy (non-hydrogen) atoms. The second kappa shape index (κ2) is 13.7. The zero-order valence-electron chi connectivity index (χ0n) is 19.7. The maximum Gasteiger partial charge on any atom is 0.218 e.